The van der Waals surface area contributed by atoms with Gasteiger partial charge in [-0.15, -0.1) is 0 Å². The van der Waals surface area contributed by atoms with E-state index in [0.29, 0.717) is 23.3 Å². The number of carbonyl (C=O) groups is 1. The summed E-state index contributed by atoms with van der Waals surface area (Å²) in [5, 5.41) is 20.9. The minimum absolute atomic E-state index is 0.104. The zero-order valence-electron chi connectivity index (χ0n) is 24.3. The number of para-hydroxylation sites is 1. The van der Waals surface area contributed by atoms with Crippen LogP contribution in [0.15, 0.2) is 73.1 Å². The Labute approximate surface area is 253 Å². The van der Waals surface area contributed by atoms with Gasteiger partial charge in [0.15, 0.2) is 5.82 Å². The zero-order valence-corrected chi connectivity index (χ0v) is 24.3. The maximum atomic E-state index is 13.9. The number of aromatic amines is 1. The molecular weight excluding hydrogens is 563 g/mol. The van der Waals surface area contributed by atoms with Crippen molar-refractivity contribution in [2.24, 2.45) is 0 Å². The number of anilines is 5. The highest BCUT2D eigenvalue weighted by Gasteiger charge is 2.14. The Kier molecular flexibility index (Phi) is 8.85. The van der Waals surface area contributed by atoms with Crippen LogP contribution in [0.3, 0.4) is 0 Å². The van der Waals surface area contributed by atoms with Gasteiger partial charge in [0.2, 0.25) is 11.9 Å². The van der Waals surface area contributed by atoms with Crippen molar-refractivity contribution in [2.45, 2.75) is 19.9 Å². The number of hydrogen-bond acceptors (Lipinski definition) is 9. The Balaban J connectivity index is 1.16. The lowest BCUT2D eigenvalue weighted by Gasteiger charge is -2.26. The molecule has 1 aliphatic rings. The fourth-order valence-corrected chi connectivity index (χ4v) is 4.79. The third-order valence-electron chi connectivity index (χ3n) is 7.09. The molecule has 2 aromatic carbocycles. The molecule has 5 aromatic rings. The smallest absolute Gasteiger partial charge is 0.229 e. The highest BCUT2D eigenvalue weighted by Crippen LogP contribution is 2.25. The van der Waals surface area contributed by atoms with Gasteiger partial charge in [-0.25, -0.2) is 9.37 Å². The minimum Gasteiger partial charge on any atom is -0.379 e. The van der Waals surface area contributed by atoms with E-state index in [1.54, 1.807) is 18.3 Å². The number of benzene rings is 2. The van der Waals surface area contributed by atoms with E-state index in [1.807, 2.05) is 54.2 Å². The van der Waals surface area contributed by atoms with Crippen LogP contribution >= 0.6 is 0 Å². The molecule has 44 heavy (non-hydrogen) atoms. The van der Waals surface area contributed by atoms with Crippen LogP contribution in [-0.4, -0.2) is 73.6 Å². The summed E-state index contributed by atoms with van der Waals surface area (Å²) >= 11 is 0. The van der Waals surface area contributed by atoms with Crippen LogP contribution in [0.2, 0.25) is 0 Å². The molecule has 1 amide bonds. The molecule has 1 aliphatic heterocycles. The third-order valence-corrected chi connectivity index (χ3v) is 7.09. The number of aryl methyl sites for hydroxylation is 1. The zero-order chi connectivity index (χ0) is 30.3. The highest BCUT2D eigenvalue weighted by molar-refractivity contribution is 5.92. The second-order valence-electron chi connectivity index (χ2n) is 10.5. The van der Waals surface area contributed by atoms with Gasteiger partial charge in [0.25, 0.3) is 0 Å². The SMILES string of the molecule is Cc1cc(Nc2cc(-c3cnn(CCN4CCOCC4)c3)nc(Nc3ccc(CC(=O)Nc4ccccc4F)cc3)n2)n[nH]1. The predicted octanol–water partition coefficient (Wildman–Crippen LogP) is 4.51. The van der Waals surface area contributed by atoms with E-state index in [-0.39, 0.29) is 18.0 Å². The second kappa shape index (κ2) is 13.4. The van der Waals surface area contributed by atoms with Gasteiger partial charge >= 0.3 is 0 Å². The molecule has 0 saturated carbocycles. The average molecular weight is 597 g/mol. The molecule has 0 aliphatic carbocycles. The first-order chi connectivity index (χ1) is 21.5. The standard InChI is InChI=1S/C31H33FN10O2/c1-21-16-29(40-39-21)37-28-18-27(23-19-33-42(20-23)11-10-41-12-14-44-15-13-41)36-31(38-28)34-24-8-6-22(7-9-24)17-30(43)35-26-5-3-2-4-25(26)32/h2-9,16,18-20H,10-15,17H2,1H3,(H,35,43)(H3,34,36,37,38,39,40). The summed E-state index contributed by atoms with van der Waals surface area (Å²) in [6.45, 7) is 6.97. The number of carbonyl (C=O) groups excluding carboxylic acids is 1. The normalized spacial score (nSPS) is 13.5. The quantitative estimate of drug-likeness (QED) is 0.174. The molecule has 13 heteroatoms. The molecule has 6 rings (SSSR count). The van der Waals surface area contributed by atoms with Crippen molar-refractivity contribution in [2.75, 3.05) is 48.8 Å². The van der Waals surface area contributed by atoms with Crippen LogP contribution in [0.25, 0.3) is 11.3 Å². The van der Waals surface area contributed by atoms with Crippen molar-refractivity contribution in [1.82, 2.24) is 34.8 Å². The van der Waals surface area contributed by atoms with Crippen LogP contribution < -0.4 is 16.0 Å². The van der Waals surface area contributed by atoms with Crippen molar-refractivity contribution < 1.29 is 13.9 Å². The molecule has 0 unspecified atom stereocenters. The molecule has 4 N–H and O–H groups in total. The summed E-state index contributed by atoms with van der Waals surface area (Å²) < 4.78 is 21.3. The van der Waals surface area contributed by atoms with Gasteiger partial charge in [-0.3, -0.25) is 19.5 Å². The van der Waals surface area contributed by atoms with Crippen LogP contribution in [-0.2, 0) is 22.5 Å². The third kappa shape index (κ3) is 7.62. The second-order valence-corrected chi connectivity index (χ2v) is 10.5. The molecule has 0 bridgehead atoms. The number of rotatable bonds is 11. The van der Waals surface area contributed by atoms with E-state index >= 15 is 0 Å². The monoisotopic (exact) mass is 596 g/mol. The lowest BCUT2D eigenvalue weighted by Crippen LogP contribution is -2.38. The van der Waals surface area contributed by atoms with Crippen molar-refractivity contribution in [3.8, 4) is 11.3 Å². The van der Waals surface area contributed by atoms with Crippen molar-refractivity contribution in [1.29, 1.82) is 0 Å². The minimum atomic E-state index is -0.473. The maximum Gasteiger partial charge on any atom is 0.229 e. The Morgan fingerprint density at radius 2 is 1.82 bits per heavy atom. The first kappa shape index (κ1) is 29.0. The number of amides is 1. The van der Waals surface area contributed by atoms with Gasteiger partial charge in [0.1, 0.15) is 11.6 Å². The predicted molar refractivity (Wildman–Crippen MR) is 166 cm³/mol. The van der Waals surface area contributed by atoms with Gasteiger partial charge in [-0.2, -0.15) is 15.2 Å². The number of nitrogens with zero attached hydrogens (tertiary/aromatic N) is 6. The summed E-state index contributed by atoms with van der Waals surface area (Å²) in [5.41, 5.74) is 4.14. The summed E-state index contributed by atoms with van der Waals surface area (Å²) in [4.78, 5) is 24.2. The maximum absolute atomic E-state index is 13.9. The number of ether oxygens (including phenoxy) is 1. The van der Waals surface area contributed by atoms with Gasteiger partial charge in [-0.1, -0.05) is 24.3 Å². The highest BCUT2D eigenvalue weighted by atomic mass is 19.1. The molecule has 4 heterocycles. The number of halogens is 1. The van der Waals surface area contributed by atoms with Crippen molar-refractivity contribution in [3.05, 3.63) is 90.1 Å². The lowest BCUT2D eigenvalue weighted by atomic mass is 10.1. The van der Waals surface area contributed by atoms with Crippen molar-refractivity contribution in [3.63, 3.8) is 0 Å². The molecule has 0 atom stereocenters. The van der Waals surface area contributed by atoms with Crippen LogP contribution in [0.1, 0.15) is 11.3 Å². The Hall–Kier alpha value is -5.14. The topological polar surface area (TPSA) is 138 Å². The molecular formula is C31H33FN10O2. The number of aromatic nitrogens is 6. The van der Waals surface area contributed by atoms with E-state index in [1.165, 1.54) is 12.1 Å². The van der Waals surface area contributed by atoms with E-state index in [4.69, 9.17) is 9.72 Å². The average Bonchev–Trinajstić information content (AvgIpc) is 3.67. The van der Waals surface area contributed by atoms with Crippen molar-refractivity contribution >= 4 is 34.9 Å². The first-order valence-electron chi connectivity index (χ1n) is 14.4. The molecule has 226 valence electrons. The Morgan fingerprint density at radius 3 is 2.59 bits per heavy atom. The number of hydrogen-bond donors (Lipinski definition) is 4. The van der Waals surface area contributed by atoms with Crippen LogP contribution in [0.5, 0.6) is 0 Å². The summed E-state index contributed by atoms with van der Waals surface area (Å²) in [6, 6.07) is 17.2. The first-order valence-corrected chi connectivity index (χ1v) is 14.4. The Bertz CT molecular complexity index is 1710. The van der Waals surface area contributed by atoms with E-state index in [0.717, 1.165) is 61.9 Å². The van der Waals surface area contributed by atoms with Crippen LogP contribution in [0, 0.1) is 12.7 Å². The van der Waals surface area contributed by atoms with E-state index in [2.05, 4.69) is 41.1 Å². The number of morpholine rings is 1. The fourth-order valence-electron chi connectivity index (χ4n) is 4.79. The number of nitrogens with one attached hydrogen (secondary N) is 4. The lowest BCUT2D eigenvalue weighted by molar-refractivity contribution is -0.115. The molecule has 0 radical (unpaired) electrons. The van der Waals surface area contributed by atoms with E-state index < -0.39 is 5.82 Å². The molecule has 0 spiro atoms. The Morgan fingerprint density at radius 1 is 1.00 bits per heavy atom. The number of H-pyrrole nitrogens is 1. The molecule has 3 aromatic heterocycles. The summed E-state index contributed by atoms with van der Waals surface area (Å²) in [7, 11) is 0. The van der Waals surface area contributed by atoms with Gasteiger partial charge in [-0.05, 0) is 36.8 Å². The fraction of sp³-hybridized carbons (Fsp3) is 0.258. The summed E-state index contributed by atoms with van der Waals surface area (Å²) in [6.07, 6.45) is 3.89. The van der Waals surface area contributed by atoms with Gasteiger partial charge in [0, 0.05) is 54.9 Å². The van der Waals surface area contributed by atoms with Gasteiger partial charge in [0.05, 0.1) is 43.8 Å². The van der Waals surface area contributed by atoms with Gasteiger partial charge < -0.3 is 20.7 Å². The van der Waals surface area contributed by atoms with Crippen LogP contribution in [0.4, 0.5) is 33.3 Å². The largest absolute Gasteiger partial charge is 0.379 e. The molecule has 12 nitrogen and oxygen atoms in total. The molecule has 1 saturated heterocycles. The van der Waals surface area contributed by atoms with E-state index in [9.17, 15) is 9.18 Å². The molecule has 1 fully saturated rings. The summed E-state index contributed by atoms with van der Waals surface area (Å²) in [5.74, 6) is 0.799.